The van der Waals surface area contributed by atoms with E-state index in [1.54, 1.807) is 22.9 Å². The Kier molecular flexibility index (Phi) is 4.02. The Balaban J connectivity index is 1.77. The number of tetrazole rings is 1. The molecule has 0 aliphatic rings. The molecule has 0 N–H and O–H groups in total. The maximum atomic E-state index is 6.07. The van der Waals surface area contributed by atoms with Crippen LogP contribution in [0.5, 0.6) is 0 Å². The fourth-order valence-corrected chi connectivity index (χ4v) is 3.59. The summed E-state index contributed by atoms with van der Waals surface area (Å²) in [6, 6.07) is 15.1. The number of thiazole rings is 1. The number of halogens is 2. The van der Waals surface area contributed by atoms with E-state index in [9.17, 15) is 0 Å². The zero-order chi connectivity index (χ0) is 16.5. The molecule has 0 amide bonds. The maximum absolute atomic E-state index is 6.07. The summed E-state index contributed by atoms with van der Waals surface area (Å²) in [5.74, 6) is 0.534. The average molecular weight is 374 g/mol. The third kappa shape index (κ3) is 2.91. The monoisotopic (exact) mass is 373 g/mol. The first kappa shape index (κ1) is 15.3. The molecule has 0 saturated heterocycles. The van der Waals surface area contributed by atoms with Gasteiger partial charge in [-0.15, -0.1) is 16.4 Å². The number of benzene rings is 2. The zero-order valence-electron chi connectivity index (χ0n) is 12.1. The normalized spacial score (nSPS) is 10.9. The predicted molar refractivity (Wildman–Crippen MR) is 95.7 cm³/mol. The van der Waals surface area contributed by atoms with E-state index < -0.39 is 0 Å². The third-order valence-electron chi connectivity index (χ3n) is 3.32. The SMILES string of the molecule is Clc1cc(Cl)cc(-n2nnnc2-c2csc(-c3ccccc3)n2)c1. The Bertz CT molecular complexity index is 976. The van der Waals surface area contributed by atoms with Gasteiger partial charge in [0.15, 0.2) is 0 Å². The summed E-state index contributed by atoms with van der Waals surface area (Å²) in [7, 11) is 0. The van der Waals surface area contributed by atoms with Gasteiger partial charge in [-0.05, 0) is 28.6 Å². The van der Waals surface area contributed by atoms with E-state index in [0.717, 1.165) is 10.6 Å². The Hall–Kier alpha value is -2.28. The minimum atomic E-state index is 0.516. The van der Waals surface area contributed by atoms with Crippen molar-refractivity contribution in [1.29, 1.82) is 0 Å². The molecule has 0 aliphatic carbocycles. The minimum absolute atomic E-state index is 0.516. The molecule has 2 aromatic heterocycles. The van der Waals surface area contributed by atoms with Gasteiger partial charge >= 0.3 is 0 Å². The van der Waals surface area contributed by atoms with Crippen molar-refractivity contribution in [2.75, 3.05) is 0 Å². The molecule has 0 spiro atoms. The molecule has 0 unspecified atom stereocenters. The number of aromatic nitrogens is 5. The lowest BCUT2D eigenvalue weighted by Crippen LogP contribution is -2.00. The van der Waals surface area contributed by atoms with Crippen LogP contribution in [0.1, 0.15) is 0 Å². The van der Waals surface area contributed by atoms with Crippen LogP contribution in [0.15, 0.2) is 53.9 Å². The topological polar surface area (TPSA) is 56.5 Å². The summed E-state index contributed by atoms with van der Waals surface area (Å²) in [6.07, 6.45) is 0. The molecule has 4 rings (SSSR count). The summed E-state index contributed by atoms with van der Waals surface area (Å²) in [4.78, 5) is 4.64. The fraction of sp³-hybridized carbons (Fsp3) is 0. The summed E-state index contributed by atoms with van der Waals surface area (Å²) in [5.41, 5.74) is 2.43. The third-order valence-corrected chi connectivity index (χ3v) is 4.64. The first-order valence-electron chi connectivity index (χ1n) is 6.97. The van der Waals surface area contributed by atoms with Crippen LogP contribution in [0.25, 0.3) is 27.8 Å². The maximum Gasteiger partial charge on any atom is 0.206 e. The van der Waals surface area contributed by atoms with Crippen LogP contribution in [-0.4, -0.2) is 25.2 Å². The van der Waals surface area contributed by atoms with Gasteiger partial charge < -0.3 is 0 Å². The van der Waals surface area contributed by atoms with E-state index in [0.29, 0.717) is 27.3 Å². The molecule has 4 aromatic rings. The lowest BCUT2D eigenvalue weighted by molar-refractivity contribution is 0.791. The smallest absolute Gasteiger partial charge is 0.206 e. The second kappa shape index (κ2) is 6.32. The van der Waals surface area contributed by atoms with Crippen molar-refractivity contribution in [3.05, 3.63) is 64.0 Å². The van der Waals surface area contributed by atoms with Crippen LogP contribution in [0.3, 0.4) is 0 Å². The van der Waals surface area contributed by atoms with E-state index in [2.05, 4.69) is 20.5 Å². The van der Waals surface area contributed by atoms with E-state index >= 15 is 0 Å². The van der Waals surface area contributed by atoms with Crippen molar-refractivity contribution >= 4 is 34.5 Å². The van der Waals surface area contributed by atoms with Crippen LogP contribution in [-0.2, 0) is 0 Å². The molecule has 0 aliphatic heterocycles. The summed E-state index contributed by atoms with van der Waals surface area (Å²) < 4.78 is 1.57. The molecule has 0 bridgehead atoms. The zero-order valence-corrected chi connectivity index (χ0v) is 14.4. The second-order valence-electron chi connectivity index (χ2n) is 4.95. The van der Waals surface area contributed by atoms with Gasteiger partial charge in [-0.1, -0.05) is 53.5 Å². The van der Waals surface area contributed by atoms with Gasteiger partial charge in [0.1, 0.15) is 10.7 Å². The van der Waals surface area contributed by atoms with E-state index in [-0.39, 0.29) is 0 Å². The Morgan fingerprint density at radius 1 is 0.958 bits per heavy atom. The number of rotatable bonds is 3. The van der Waals surface area contributed by atoms with Gasteiger partial charge in [0.25, 0.3) is 0 Å². The number of hydrogen-bond donors (Lipinski definition) is 0. The quantitative estimate of drug-likeness (QED) is 0.519. The van der Waals surface area contributed by atoms with Gasteiger partial charge in [-0.25, -0.2) is 4.98 Å². The molecule has 0 atom stereocenters. The largest absolute Gasteiger partial charge is 0.233 e. The van der Waals surface area contributed by atoms with Gasteiger partial charge in [-0.2, -0.15) is 4.68 Å². The molecule has 8 heteroatoms. The van der Waals surface area contributed by atoms with Crippen molar-refractivity contribution in [1.82, 2.24) is 25.2 Å². The van der Waals surface area contributed by atoms with Crippen molar-refractivity contribution in [2.45, 2.75) is 0 Å². The molecule has 0 fully saturated rings. The standard InChI is InChI=1S/C16H9Cl2N5S/c17-11-6-12(18)8-13(7-11)23-15(20-21-22-23)14-9-24-16(19-14)10-4-2-1-3-5-10/h1-9H. The van der Waals surface area contributed by atoms with Crippen molar-refractivity contribution in [2.24, 2.45) is 0 Å². The van der Waals surface area contributed by atoms with Gasteiger partial charge in [-0.3, -0.25) is 0 Å². The van der Waals surface area contributed by atoms with E-state index in [1.165, 1.54) is 11.3 Å². The predicted octanol–water partition coefficient (Wildman–Crippen LogP) is 4.76. The van der Waals surface area contributed by atoms with Crippen molar-refractivity contribution < 1.29 is 0 Å². The van der Waals surface area contributed by atoms with Gasteiger partial charge in [0.2, 0.25) is 5.82 Å². The highest BCUT2D eigenvalue weighted by Gasteiger charge is 2.15. The molecular formula is C16H9Cl2N5S. The van der Waals surface area contributed by atoms with Crippen LogP contribution in [0.2, 0.25) is 10.0 Å². The molecule has 0 saturated carbocycles. The molecular weight excluding hydrogens is 365 g/mol. The van der Waals surface area contributed by atoms with Gasteiger partial charge in [0, 0.05) is 21.0 Å². The summed E-state index contributed by atoms with van der Waals surface area (Å²) >= 11 is 13.7. The fourth-order valence-electron chi connectivity index (χ4n) is 2.27. The summed E-state index contributed by atoms with van der Waals surface area (Å²) in [5, 5.41) is 15.7. The highest BCUT2D eigenvalue weighted by atomic mass is 35.5. The lowest BCUT2D eigenvalue weighted by atomic mass is 10.2. The molecule has 118 valence electrons. The molecule has 0 radical (unpaired) electrons. The second-order valence-corrected chi connectivity index (χ2v) is 6.68. The number of hydrogen-bond acceptors (Lipinski definition) is 5. The highest BCUT2D eigenvalue weighted by molar-refractivity contribution is 7.13. The number of nitrogens with zero attached hydrogens (tertiary/aromatic N) is 5. The van der Waals surface area contributed by atoms with Crippen LogP contribution >= 0.6 is 34.5 Å². The Morgan fingerprint density at radius 3 is 2.46 bits per heavy atom. The first-order chi connectivity index (χ1) is 11.7. The van der Waals surface area contributed by atoms with E-state index in [4.69, 9.17) is 23.2 Å². The van der Waals surface area contributed by atoms with Crippen molar-refractivity contribution in [3.63, 3.8) is 0 Å². The average Bonchev–Trinajstić information content (AvgIpc) is 3.24. The van der Waals surface area contributed by atoms with Crippen LogP contribution in [0, 0.1) is 0 Å². The van der Waals surface area contributed by atoms with Crippen LogP contribution < -0.4 is 0 Å². The summed E-state index contributed by atoms with van der Waals surface area (Å²) in [6.45, 7) is 0. The van der Waals surface area contributed by atoms with Gasteiger partial charge in [0.05, 0.1) is 5.69 Å². The highest BCUT2D eigenvalue weighted by Crippen LogP contribution is 2.29. The molecule has 5 nitrogen and oxygen atoms in total. The minimum Gasteiger partial charge on any atom is -0.233 e. The molecule has 2 aromatic carbocycles. The Labute approximate surface area is 151 Å². The molecule has 24 heavy (non-hydrogen) atoms. The lowest BCUT2D eigenvalue weighted by Gasteiger charge is -2.04. The Morgan fingerprint density at radius 2 is 1.71 bits per heavy atom. The first-order valence-corrected chi connectivity index (χ1v) is 8.60. The van der Waals surface area contributed by atoms with Crippen molar-refractivity contribution in [3.8, 4) is 27.8 Å². The van der Waals surface area contributed by atoms with Crippen LogP contribution in [0.4, 0.5) is 0 Å². The molecule has 2 heterocycles. The van der Waals surface area contributed by atoms with E-state index in [1.807, 2.05) is 35.7 Å².